The summed E-state index contributed by atoms with van der Waals surface area (Å²) in [4.78, 5) is 5.02. The quantitative estimate of drug-likeness (QED) is 0.409. The number of likely N-dealkylation sites (N-methyl/N-ethyl adjacent to an activating group) is 1. The van der Waals surface area contributed by atoms with Crippen LogP contribution in [-0.4, -0.2) is 49.9 Å². The van der Waals surface area contributed by atoms with Gasteiger partial charge in [0.15, 0.2) is 7.98 Å². The average molecular weight is 138 g/mol. The number of rotatable bonds is 0. The van der Waals surface area contributed by atoms with Crippen LogP contribution in [0.15, 0.2) is 0 Å². The fourth-order valence-corrected chi connectivity index (χ4v) is 2.32. The van der Waals surface area contributed by atoms with Gasteiger partial charge in [0.2, 0.25) is 0 Å². The molecular weight excluding hydrogens is 123 g/mol. The molecule has 0 aromatic carbocycles. The summed E-state index contributed by atoms with van der Waals surface area (Å²) in [7, 11) is 4.51. The predicted molar refractivity (Wildman–Crippen MR) is 44.7 cm³/mol. The zero-order valence-corrected chi connectivity index (χ0v) is 6.88. The fraction of sp³-hybridized carbons (Fsp3) is 1.00. The summed E-state index contributed by atoms with van der Waals surface area (Å²) in [5.74, 6) is 0. The molecule has 56 valence electrons. The van der Waals surface area contributed by atoms with Gasteiger partial charge in [0.1, 0.15) is 0 Å². The monoisotopic (exact) mass is 138 g/mol. The number of piperazine rings is 1. The Balaban J connectivity index is 2.09. The lowest BCUT2D eigenvalue weighted by molar-refractivity contribution is 0.142. The number of fused-ring (bicyclic) bond motifs is 2. The Labute approximate surface area is 63.6 Å². The van der Waals surface area contributed by atoms with Crippen LogP contribution >= 0.6 is 0 Å². The van der Waals surface area contributed by atoms with Gasteiger partial charge in [0.25, 0.3) is 0 Å². The molecule has 2 aliphatic heterocycles. The number of hydrogen-bond donors (Lipinski definition) is 0. The summed E-state index contributed by atoms with van der Waals surface area (Å²) in [6.45, 7) is 2.57. The van der Waals surface area contributed by atoms with Crippen molar-refractivity contribution >= 4 is 7.98 Å². The number of hydrogen-bond acceptors (Lipinski definition) is 2. The minimum Gasteiger partial charge on any atom is -0.346 e. The standard InChI is InChI=1S/C7H15BN2/c1-9-6-2-3-7(9)5-10(8)4-6/h6-7H,2-5,8H2,1H3. The first-order valence-corrected chi connectivity index (χ1v) is 4.18. The summed E-state index contributed by atoms with van der Waals surface area (Å²) < 4.78 is 0. The third kappa shape index (κ3) is 0.885. The van der Waals surface area contributed by atoms with Crippen molar-refractivity contribution in [2.24, 2.45) is 0 Å². The molecule has 2 heterocycles. The Kier molecular flexibility index (Phi) is 1.50. The van der Waals surface area contributed by atoms with Crippen molar-refractivity contribution in [1.29, 1.82) is 0 Å². The smallest absolute Gasteiger partial charge is 0.185 e. The third-order valence-electron chi connectivity index (χ3n) is 3.03. The van der Waals surface area contributed by atoms with E-state index in [1.54, 1.807) is 0 Å². The second-order valence-corrected chi connectivity index (χ2v) is 3.77. The van der Waals surface area contributed by atoms with Gasteiger partial charge in [-0.05, 0) is 19.9 Å². The van der Waals surface area contributed by atoms with E-state index in [0.29, 0.717) is 0 Å². The molecule has 3 heteroatoms. The second kappa shape index (κ2) is 2.24. The van der Waals surface area contributed by atoms with E-state index in [2.05, 4.69) is 24.7 Å². The Hall–Kier alpha value is -0.0151. The lowest BCUT2D eigenvalue weighted by Gasteiger charge is -2.37. The van der Waals surface area contributed by atoms with Gasteiger partial charge in [0.05, 0.1) is 0 Å². The topological polar surface area (TPSA) is 6.48 Å². The van der Waals surface area contributed by atoms with Crippen LogP contribution < -0.4 is 0 Å². The molecule has 10 heavy (non-hydrogen) atoms. The van der Waals surface area contributed by atoms with Gasteiger partial charge in [-0.15, -0.1) is 0 Å². The van der Waals surface area contributed by atoms with Crippen LogP contribution in [0, 0.1) is 0 Å². The minimum atomic E-state index is 0.865. The van der Waals surface area contributed by atoms with Crippen LogP contribution in [-0.2, 0) is 0 Å². The van der Waals surface area contributed by atoms with Crippen molar-refractivity contribution in [3.05, 3.63) is 0 Å². The fourth-order valence-electron chi connectivity index (χ4n) is 2.32. The molecule has 2 saturated heterocycles. The van der Waals surface area contributed by atoms with Crippen molar-refractivity contribution in [1.82, 2.24) is 9.71 Å². The summed E-state index contributed by atoms with van der Waals surface area (Å²) >= 11 is 0. The summed E-state index contributed by atoms with van der Waals surface area (Å²) in [6, 6.07) is 1.73. The molecule has 2 aliphatic rings. The molecule has 0 radical (unpaired) electrons. The molecule has 2 unspecified atom stereocenters. The van der Waals surface area contributed by atoms with E-state index in [1.807, 2.05) is 0 Å². The average Bonchev–Trinajstić information content (AvgIpc) is 2.20. The molecular formula is C7H15BN2. The molecule has 0 aromatic rings. The highest BCUT2D eigenvalue weighted by atomic mass is 15.3. The molecule has 2 rings (SSSR count). The zero-order chi connectivity index (χ0) is 7.14. The van der Waals surface area contributed by atoms with Crippen LogP contribution in [0.1, 0.15) is 12.8 Å². The van der Waals surface area contributed by atoms with Crippen molar-refractivity contribution in [3.8, 4) is 0 Å². The molecule has 0 spiro atoms. The molecule has 0 aromatic heterocycles. The lowest BCUT2D eigenvalue weighted by Crippen LogP contribution is -2.50. The van der Waals surface area contributed by atoms with Gasteiger partial charge in [-0.25, -0.2) is 0 Å². The van der Waals surface area contributed by atoms with Crippen molar-refractivity contribution in [2.75, 3.05) is 20.1 Å². The van der Waals surface area contributed by atoms with Crippen molar-refractivity contribution < 1.29 is 0 Å². The maximum atomic E-state index is 2.56. The first-order chi connectivity index (χ1) is 4.77. The van der Waals surface area contributed by atoms with Gasteiger partial charge < -0.3 is 4.81 Å². The van der Waals surface area contributed by atoms with Crippen LogP contribution in [0.5, 0.6) is 0 Å². The molecule has 0 aliphatic carbocycles. The molecule has 0 amide bonds. The van der Waals surface area contributed by atoms with E-state index in [1.165, 1.54) is 25.9 Å². The SMILES string of the molecule is BN1CC2CCC(C1)N2C. The van der Waals surface area contributed by atoms with Crippen LogP contribution in [0.4, 0.5) is 0 Å². The van der Waals surface area contributed by atoms with Crippen LogP contribution in [0.2, 0.25) is 0 Å². The molecule has 2 nitrogen and oxygen atoms in total. The Morgan fingerprint density at radius 2 is 1.70 bits per heavy atom. The maximum Gasteiger partial charge on any atom is 0.185 e. The van der Waals surface area contributed by atoms with Crippen LogP contribution in [0.3, 0.4) is 0 Å². The van der Waals surface area contributed by atoms with E-state index < -0.39 is 0 Å². The largest absolute Gasteiger partial charge is 0.346 e. The Morgan fingerprint density at radius 1 is 1.20 bits per heavy atom. The Bertz CT molecular complexity index is 126. The molecule has 2 bridgehead atoms. The molecule has 0 saturated carbocycles. The molecule has 2 fully saturated rings. The highest BCUT2D eigenvalue weighted by Gasteiger charge is 2.35. The first kappa shape index (κ1) is 6.68. The zero-order valence-electron chi connectivity index (χ0n) is 6.88. The van der Waals surface area contributed by atoms with Crippen molar-refractivity contribution in [3.63, 3.8) is 0 Å². The molecule has 0 N–H and O–H groups in total. The highest BCUT2D eigenvalue weighted by molar-refractivity contribution is 6.04. The van der Waals surface area contributed by atoms with E-state index in [0.717, 1.165) is 12.1 Å². The second-order valence-electron chi connectivity index (χ2n) is 3.77. The van der Waals surface area contributed by atoms with Gasteiger partial charge in [-0.1, -0.05) is 0 Å². The summed E-state index contributed by atoms with van der Waals surface area (Å²) in [6.07, 6.45) is 2.84. The molecule has 2 atom stereocenters. The summed E-state index contributed by atoms with van der Waals surface area (Å²) in [5, 5.41) is 0. The van der Waals surface area contributed by atoms with E-state index in [-0.39, 0.29) is 0 Å². The number of nitrogens with zero attached hydrogens (tertiary/aromatic N) is 2. The van der Waals surface area contributed by atoms with Gasteiger partial charge in [-0.3, -0.25) is 4.90 Å². The maximum absolute atomic E-state index is 2.56. The normalized spacial score (nSPS) is 42.5. The van der Waals surface area contributed by atoms with Crippen LogP contribution in [0.25, 0.3) is 0 Å². The summed E-state index contributed by atoms with van der Waals surface area (Å²) in [5.41, 5.74) is 0. The highest BCUT2D eigenvalue weighted by Crippen LogP contribution is 2.26. The van der Waals surface area contributed by atoms with Gasteiger partial charge in [-0.2, -0.15) is 0 Å². The van der Waals surface area contributed by atoms with Gasteiger partial charge in [0, 0.05) is 25.2 Å². The van der Waals surface area contributed by atoms with E-state index in [4.69, 9.17) is 0 Å². The van der Waals surface area contributed by atoms with Crippen molar-refractivity contribution in [2.45, 2.75) is 24.9 Å². The lowest BCUT2D eigenvalue weighted by atomic mass is 10.1. The van der Waals surface area contributed by atoms with Gasteiger partial charge >= 0.3 is 0 Å². The Morgan fingerprint density at radius 3 is 2.20 bits per heavy atom. The van der Waals surface area contributed by atoms with E-state index in [9.17, 15) is 0 Å². The first-order valence-electron chi connectivity index (χ1n) is 4.18. The van der Waals surface area contributed by atoms with E-state index >= 15 is 0 Å². The third-order valence-corrected chi connectivity index (χ3v) is 3.03. The predicted octanol–water partition coefficient (Wildman–Crippen LogP) is -0.687. The minimum absolute atomic E-state index is 0.865.